The molecular weight excluding hydrogens is 290 g/mol. The van der Waals surface area contributed by atoms with Gasteiger partial charge in [-0.15, -0.1) is 0 Å². The molecule has 1 heterocycles. The largest absolute Gasteiger partial charge is 0.444 e. The first-order valence-electron chi connectivity index (χ1n) is 8.29. The van der Waals surface area contributed by atoms with Gasteiger partial charge in [0.25, 0.3) is 0 Å². The van der Waals surface area contributed by atoms with Crippen molar-refractivity contribution in [3.63, 3.8) is 0 Å². The molecule has 1 aromatic carbocycles. The van der Waals surface area contributed by atoms with Gasteiger partial charge in [-0.3, -0.25) is 4.90 Å². The van der Waals surface area contributed by atoms with Crippen LogP contribution < -0.4 is 0 Å². The summed E-state index contributed by atoms with van der Waals surface area (Å²) in [6.07, 6.45) is 0.394. The molecule has 0 aromatic heterocycles. The molecule has 0 spiro atoms. The highest BCUT2D eigenvalue weighted by Gasteiger charge is 2.49. The predicted octanol–water partition coefficient (Wildman–Crippen LogP) is 4.14. The fourth-order valence-corrected chi connectivity index (χ4v) is 3.39. The van der Waals surface area contributed by atoms with Gasteiger partial charge in [0.1, 0.15) is 5.60 Å². The molecule has 0 unspecified atom stereocenters. The second-order valence-electron chi connectivity index (χ2n) is 8.13. The smallest absolute Gasteiger partial charge is 0.411 e. The number of aliphatic hydroxyl groups is 1. The van der Waals surface area contributed by atoms with Gasteiger partial charge in [-0.25, -0.2) is 4.79 Å². The molecule has 0 radical (unpaired) electrons. The summed E-state index contributed by atoms with van der Waals surface area (Å²) in [4.78, 5) is 14.6. The third-order valence-corrected chi connectivity index (χ3v) is 4.33. The number of nitrogens with zero attached hydrogens (tertiary/aromatic N) is 1. The number of likely N-dealkylation sites (tertiary alicyclic amines) is 1. The summed E-state index contributed by atoms with van der Waals surface area (Å²) in [6.45, 7) is 11.2. The zero-order valence-corrected chi connectivity index (χ0v) is 15.0. The van der Waals surface area contributed by atoms with Crippen LogP contribution in [-0.2, 0) is 4.74 Å². The molecular formula is C19H29NO3. The van der Waals surface area contributed by atoms with Gasteiger partial charge in [0, 0.05) is 0 Å². The second-order valence-corrected chi connectivity index (χ2v) is 8.13. The Morgan fingerprint density at radius 3 is 2.22 bits per heavy atom. The van der Waals surface area contributed by atoms with E-state index < -0.39 is 11.2 Å². The number of hydrogen-bond donors (Lipinski definition) is 1. The number of benzene rings is 1. The number of amides is 1. The van der Waals surface area contributed by atoms with Gasteiger partial charge in [0.05, 0.1) is 17.7 Å². The van der Waals surface area contributed by atoms with Crippen LogP contribution in [0.2, 0.25) is 0 Å². The monoisotopic (exact) mass is 319 g/mol. The first-order chi connectivity index (χ1) is 10.5. The summed E-state index contributed by atoms with van der Waals surface area (Å²) in [7, 11) is 0. The molecule has 1 fully saturated rings. The van der Waals surface area contributed by atoms with Crippen LogP contribution in [-0.4, -0.2) is 33.3 Å². The van der Waals surface area contributed by atoms with E-state index in [2.05, 4.69) is 6.92 Å². The molecule has 3 atom stereocenters. The summed E-state index contributed by atoms with van der Waals surface area (Å²) < 4.78 is 5.62. The van der Waals surface area contributed by atoms with E-state index in [9.17, 15) is 9.90 Å². The number of carbonyl (C=O) groups is 1. The van der Waals surface area contributed by atoms with Crippen molar-refractivity contribution in [3.05, 3.63) is 35.9 Å². The summed E-state index contributed by atoms with van der Waals surface area (Å²) in [5.41, 5.74) is -0.458. The van der Waals surface area contributed by atoms with Gasteiger partial charge in [-0.05, 0) is 52.5 Å². The molecule has 1 aromatic rings. The van der Waals surface area contributed by atoms with Crippen molar-refractivity contribution in [1.82, 2.24) is 4.90 Å². The fraction of sp³-hybridized carbons (Fsp3) is 0.632. The molecule has 1 aliphatic heterocycles. The van der Waals surface area contributed by atoms with Crippen molar-refractivity contribution in [3.8, 4) is 0 Å². The molecule has 1 saturated heterocycles. The SMILES string of the molecule is C[C@H]1C[C@H](C(C)(C)O)N(C(=O)OC(C)(C)C)[C@@H]1c1ccccc1. The van der Waals surface area contributed by atoms with E-state index in [1.807, 2.05) is 51.1 Å². The Bertz CT molecular complexity index is 542. The number of hydrogen-bond acceptors (Lipinski definition) is 3. The van der Waals surface area contributed by atoms with Crippen LogP contribution in [0.5, 0.6) is 0 Å². The van der Waals surface area contributed by atoms with Crippen molar-refractivity contribution in [2.45, 2.75) is 71.2 Å². The minimum atomic E-state index is -0.977. The maximum Gasteiger partial charge on any atom is 0.411 e. The van der Waals surface area contributed by atoms with Gasteiger partial charge in [0.15, 0.2) is 0 Å². The van der Waals surface area contributed by atoms with Crippen LogP contribution in [0.15, 0.2) is 30.3 Å². The van der Waals surface area contributed by atoms with Crippen LogP contribution in [0, 0.1) is 5.92 Å². The summed E-state index contributed by atoms with van der Waals surface area (Å²) in [5.74, 6) is 0.251. The molecule has 0 saturated carbocycles. The maximum atomic E-state index is 12.8. The minimum Gasteiger partial charge on any atom is -0.444 e. The Balaban J connectivity index is 2.41. The molecule has 4 heteroatoms. The minimum absolute atomic E-state index is 0.0810. The number of ether oxygens (including phenoxy) is 1. The lowest BCUT2D eigenvalue weighted by molar-refractivity contribution is -0.0333. The zero-order chi connectivity index (χ0) is 17.4. The van der Waals surface area contributed by atoms with Gasteiger partial charge in [-0.1, -0.05) is 37.3 Å². The van der Waals surface area contributed by atoms with Crippen LogP contribution in [0.3, 0.4) is 0 Å². The molecule has 0 aliphatic carbocycles. The number of rotatable bonds is 2. The van der Waals surface area contributed by atoms with E-state index in [4.69, 9.17) is 4.74 Å². The van der Waals surface area contributed by atoms with Crippen molar-refractivity contribution < 1.29 is 14.6 Å². The lowest BCUT2D eigenvalue weighted by Crippen LogP contribution is -2.50. The highest BCUT2D eigenvalue weighted by molar-refractivity contribution is 5.70. The van der Waals surface area contributed by atoms with Gasteiger partial charge >= 0.3 is 6.09 Å². The molecule has 1 aliphatic rings. The predicted molar refractivity (Wildman–Crippen MR) is 91.1 cm³/mol. The van der Waals surface area contributed by atoms with E-state index >= 15 is 0 Å². The average Bonchev–Trinajstić information content (AvgIpc) is 2.75. The molecule has 1 amide bonds. The zero-order valence-electron chi connectivity index (χ0n) is 15.0. The number of carbonyl (C=O) groups excluding carboxylic acids is 1. The first-order valence-corrected chi connectivity index (χ1v) is 8.29. The first kappa shape index (κ1) is 17.8. The summed E-state index contributed by atoms with van der Waals surface area (Å²) >= 11 is 0. The lowest BCUT2D eigenvalue weighted by atomic mass is 9.92. The standard InChI is InChI=1S/C19H29NO3/c1-13-12-15(19(5,6)22)20(17(21)23-18(2,3)4)16(13)14-10-8-7-9-11-14/h7-11,13,15-16,22H,12H2,1-6H3/t13-,15+,16-/m0/s1. The third kappa shape index (κ3) is 4.05. The van der Waals surface area contributed by atoms with E-state index in [0.717, 1.165) is 12.0 Å². The molecule has 1 N–H and O–H groups in total. The summed E-state index contributed by atoms with van der Waals surface area (Å²) in [5, 5.41) is 10.6. The van der Waals surface area contributed by atoms with Gasteiger partial charge in [0.2, 0.25) is 0 Å². The van der Waals surface area contributed by atoms with E-state index in [1.54, 1.807) is 18.7 Å². The van der Waals surface area contributed by atoms with Crippen molar-refractivity contribution >= 4 is 6.09 Å². The van der Waals surface area contributed by atoms with E-state index in [0.29, 0.717) is 0 Å². The Hall–Kier alpha value is -1.55. The lowest BCUT2D eigenvalue weighted by Gasteiger charge is -2.38. The van der Waals surface area contributed by atoms with Crippen LogP contribution in [0.4, 0.5) is 4.79 Å². The maximum absolute atomic E-state index is 12.8. The van der Waals surface area contributed by atoms with Crippen molar-refractivity contribution in [2.75, 3.05) is 0 Å². The Labute approximate surface area is 139 Å². The van der Waals surface area contributed by atoms with Crippen LogP contribution in [0.1, 0.15) is 59.6 Å². The van der Waals surface area contributed by atoms with Crippen molar-refractivity contribution in [1.29, 1.82) is 0 Å². The van der Waals surface area contributed by atoms with E-state index in [1.165, 1.54) is 0 Å². The van der Waals surface area contributed by atoms with Crippen molar-refractivity contribution in [2.24, 2.45) is 5.92 Å². The average molecular weight is 319 g/mol. The van der Waals surface area contributed by atoms with Gasteiger partial charge < -0.3 is 9.84 Å². The highest BCUT2D eigenvalue weighted by atomic mass is 16.6. The molecule has 2 rings (SSSR count). The summed E-state index contributed by atoms with van der Waals surface area (Å²) in [6, 6.07) is 9.64. The third-order valence-electron chi connectivity index (χ3n) is 4.33. The molecule has 128 valence electrons. The van der Waals surface area contributed by atoms with Crippen LogP contribution >= 0.6 is 0 Å². The molecule has 23 heavy (non-hydrogen) atoms. The second kappa shape index (κ2) is 6.16. The highest BCUT2D eigenvalue weighted by Crippen LogP contribution is 2.44. The normalized spacial score (nSPS) is 25.5. The van der Waals surface area contributed by atoms with Crippen LogP contribution in [0.25, 0.3) is 0 Å². The Morgan fingerprint density at radius 1 is 1.17 bits per heavy atom. The van der Waals surface area contributed by atoms with E-state index in [-0.39, 0.29) is 24.1 Å². The Kier molecular flexibility index (Phi) is 4.76. The molecule has 4 nitrogen and oxygen atoms in total. The topological polar surface area (TPSA) is 49.8 Å². The quantitative estimate of drug-likeness (QED) is 0.891. The fourth-order valence-electron chi connectivity index (χ4n) is 3.39. The van der Waals surface area contributed by atoms with Gasteiger partial charge in [-0.2, -0.15) is 0 Å². The molecule has 0 bridgehead atoms. The Morgan fingerprint density at radius 2 is 1.74 bits per heavy atom.